The lowest BCUT2D eigenvalue weighted by Gasteiger charge is -2.31. The van der Waals surface area contributed by atoms with Crippen LogP contribution in [0.15, 0.2) is 24.3 Å². The summed E-state index contributed by atoms with van der Waals surface area (Å²) in [6.07, 6.45) is 0. The highest BCUT2D eigenvalue weighted by molar-refractivity contribution is 7.49. The van der Waals surface area contributed by atoms with Crippen LogP contribution in [-0.2, 0) is 13.6 Å². The first-order chi connectivity index (χ1) is 9.44. The average molecular weight is 315 g/mol. The van der Waals surface area contributed by atoms with Gasteiger partial charge in [-0.15, -0.1) is 0 Å². The maximum Gasteiger partial charge on any atom is 0.531 e. The van der Waals surface area contributed by atoms with E-state index in [1.54, 1.807) is 60.7 Å². The van der Waals surface area contributed by atoms with E-state index < -0.39 is 19.0 Å². The van der Waals surface area contributed by atoms with Crippen LogP contribution in [0.4, 0.5) is 5.69 Å². The molecule has 0 atom stereocenters. The minimum atomic E-state index is -3.76. The van der Waals surface area contributed by atoms with Crippen LogP contribution in [-0.4, -0.2) is 18.2 Å². The summed E-state index contributed by atoms with van der Waals surface area (Å²) >= 11 is 0. The van der Waals surface area contributed by atoms with Gasteiger partial charge in [-0.2, -0.15) is 0 Å². The van der Waals surface area contributed by atoms with Crippen molar-refractivity contribution < 1.29 is 18.1 Å². The predicted octanol–water partition coefficient (Wildman–Crippen LogP) is 4.85. The fourth-order valence-electron chi connectivity index (χ4n) is 1.60. The van der Waals surface area contributed by atoms with Crippen molar-refractivity contribution in [3.63, 3.8) is 0 Å². The minimum Gasteiger partial charge on any atom is -0.402 e. The van der Waals surface area contributed by atoms with Gasteiger partial charge in [-0.3, -0.25) is 9.05 Å². The molecule has 1 aromatic carbocycles. The maximum atomic E-state index is 13.0. The molecular weight excluding hydrogens is 289 g/mol. The monoisotopic (exact) mass is 315 g/mol. The Hall–Kier alpha value is -1.03. The van der Waals surface area contributed by atoms with Crippen molar-refractivity contribution in [2.75, 3.05) is 12.4 Å². The van der Waals surface area contributed by atoms with Crippen molar-refractivity contribution >= 4 is 13.5 Å². The summed E-state index contributed by atoms with van der Waals surface area (Å²) in [6.45, 7) is 10.8. The molecule has 0 aliphatic rings. The molecule has 1 N–H and O–H groups in total. The van der Waals surface area contributed by atoms with Crippen LogP contribution in [0.1, 0.15) is 41.5 Å². The Morgan fingerprint density at radius 3 is 1.86 bits per heavy atom. The molecule has 21 heavy (non-hydrogen) atoms. The van der Waals surface area contributed by atoms with E-state index in [2.05, 4.69) is 5.32 Å². The fraction of sp³-hybridized carbons (Fsp3) is 0.600. The van der Waals surface area contributed by atoms with Crippen molar-refractivity contribution in [3.05, 3.63) is 24.3 Å². The summed E-state index contributed by atoms with van der Waals surface area (Å²) < 4.78 is 29.8. The van der Waals surface area contributed by atoms with Gasteiger partial charge in [-0.25, -0.2) is 4.57 Å². The van der Waals surface area contributed by atoms with Gasteiger partial charge >= 0.3 is 7.82 Å². The first kappa shape index (κ1) is 18.0. The van der Waals surface area contributed by atoms with Crippen molar-refractivity contribution in [2.45, 2.75) is 52.7 Å². The Morgan fingerprint density at radius 2 is 1.43 bits per heavy atom. The third kappa shape index (κ3) is 6.51. The molecule has 0 amide bonds. The van der Waals surface area contributed by atoms with Gasteiger partial charge in [0.05, 0.1) is 16.9 Å². The zero-order chi connectivity index (χ0) is 16.3. The number of nitrogens with one attached hydrogen (secondary N) is 1. The maximum absolute atomic E-state index is 13.0. The summed E-state index contributed by atoms with van der Waals surface area (Å²) in [5, 5.41) is 2.99. The van der Waals surface area contributed by atoms with Crippen LogP contribution in [0.5, 0.6) is 5.75 Å². The number of benzene rings is 1. The van der Waals surface area contributed by atoms with E-state index in [9.17, 15) is 4.57 Å². The average Bonchev–Trinajstić information content (AvgIpc) is 2.23. The predicted molar refractivity (Wildman–Crippen MR) is 85.9 cm³/mol. The van der Waals surface area contributed by atoms with Crippen molar-refractivity contribution in [3.8, 4) is 5.75 Å². The first-order valence-corrected chi connectivity index (χ1v) is 8.38. The number of anilines is 1. The van der Waals surface area contributed by atoms with E-state index in [1.165, 1.54) is 0 Å². The van der Waals surface area contributed by atoms with E-state index in [1.807, 2.05) is 12.1 Å². The van der Waals surface area contributed by atoms with Crippen LogP contribution in [0, 0.1) is 0 Å². The SMILES string of the molecule is CNc1ccccc1OP(=O)(OC(C)(C)C)OC(C)(C)C. The normalized spacial score (nSPS) is 13.1. The molecule has 0 saturated heterocycles. The van der Waals surface area contributed by atoms with Gasteiger partial charge < -0.3 is 9.84 Å². The highest BCUT2D eigenvalue weighted by Gasteiger charge is 2.39. The molecule has 0 bridgehead atoms. The Morgan fingerprint density at radius 1 is 0.952 bits per heavy atom. The lowest BCUT2D eigenvalue weighted by molar-refractivity contribution is 0.0225. The second-order valence-corrected chi connectivity index (χ2v) is 8.13. The molecular formula is C15H26NO4P. The van der Waals surface area contributed by atoms with Crippen molar-refractivity contribution in [1.82, 2.24) is 0 Å². The molecule has 0 heterocycles. The zero-order valence-corrected chi connectivity index (χ0v) is 14.8. The molecule has 0 radical (unpaired) electrons. The second-order valence-electron chi connectivity index (χ2n) is 6.69. The first-order valence-electron chi connectivity index (χ1n) is 6.92. The molecule has 1 rings (SSSR count). The van der Waals surface area contributed by atoms with Crippen LogP contribution in [0.25, 0.3) is 0 Å². The second kappa shape index (κ2) is 6.39. The number of para-hydroxylation sites is 2. The smallest absolute Gasteiger partial charge is 0.402 e. The van der Waals surface area contributed by atoms with Crippen molar-refractivity contribution in [2.24, 2.45) is 0 Å². The van der Waals surface area contributed by atoms with Crippen LogP contribution in [0.2, 0.25) is 0 Å². The lowest BCUT2D eigenvalue weighted by Crippen LogP contribution is -2.25. The molecule has 0 fully saturated rings. The molecule has 0 saturated carbocycles. The van der Waals surface area contributed by atoms with Gasteiger partial charge in [0.15, 0.2) is 5.75 Å². The minimum absolute atomic E-state index is 0.428. The van der Waals surface area contributed by atoms with E-state index in [4.69, 9.17) is 13.6 Å². The zero-order valence-electron chi connectivity index (χ0n) is 13.9. The van der Waals surface area contributed by atoms with Crippen LogP contribution in [0.3, 0.4) is 0 Å². The van der Waals surface area contributed by atoms with Gasteiger partial charge in [0.2, 0.25) is 0 Å². The number of hydrogen-bond donors (Lipinski definition) is 1. The largest absolute Gasteiger partial charge is 0.531 e. The number of rotatable bonds is 5. The molecule has 0 aliphatic heterocycles. The number of hydrogen-bond acceptors (Lipinski definition) is 5. The number of phosphoric acid groups is 1. The third-order valence-electron chi connectivity index (χ3n) is 2.14. The molecule has 1 aromatic rings. The molecule has 5 nitrogen and oxygen atoms in total. The van der Waals surface area contributed by atoms with Gasteiger partial charge in [0.1, 0.15) is 0 Å². The summed E-state index contributed by atoms with van der Waals surface area (Å²) in [5.41, 5.74) is -0.599. The van der Waals surface area contributed by atoms with Gasteiger partial charge in [-0.05, 0) is 53.7 Å². The topological polar surface area (TPSA) is 56.8 Å². The lowest BCUT2D eigenvalue weighted by atomic mass is 10.2. The summed E-state index contributed by atoms with van der Waals surface area (Å²) in [6, 6.07) is 7.21. The Labute approximate surface area is 127 Å². The molecule has 0 aromatic heterocycles. The van der Waals surface area contributed by atoms with Gasteiger partial charge in [-0.1, -0.05) is 12.1 Å². The molecule has 6 heteroatoms. The quantitative estimate of drug-likeness (QED) is 0.787. The summed E-state index contributed by atoms with van der Waals surface area (Å²) in [5.74, 6) is 0.428. The Balaban J connectivity index is 3.10. The van der Waals surface area contributed by atoms with Crippen molar-refractivity contribution in [1.29, 1.82) is 0 Å². The molecule has 0 unspecified atom stereocenters. The molecule has 0 aliphatic carbocycles. The fourth-order valence-corrected chi connectivity index (χ4v) is 3.45. The number of phosphoric ester groups is 1. The Bertz CT molecular complexity index is 497. The van der Waals surface area contributed by atoms with E-state index in [0.717, 1.165) is 0 Å². The van der Waals surface area contributed by atoms with E-state index >= 15 is 0 Å². The third-order valence-corrected chi connectivity index (χ3v) is 4.10. The highest BCUT2D eigenvalue weighted by atomic mass is 31.2. The standard InChI is InChI=1S/C15H26NO4P/c1-14(2,3)19-21(17,20-15(4,5)6)18-13-11-9-8-10-12(13)16-7/h8-11,16H,1-7H3. The molecule has 0 spiro atoms. The summed E-state index contributed by atoms with van der Waals surface area (Å²) in [4.78, 5) is 0. The van der Waals surface area contributed by atoms with Crippen LogP contribution < -0.4 is 9.84 Å². The van der Waals surface area contributed by atoms with Gasteiger partial charge in [0, 0.05) is 7.05 Å². The van der Waals surface area contributed by atoms with E-state index in [-0.39, 0.29) is 0 Å². The summed E-state index contributed by atoms with van der Waals surface area (Å²) in [7, 11) is -2.00. The Kier molecular flexibility index (Phi) is 5.48. The molecule has 120 valence electrons. The van der Waals surface area contributed by atoms with E-state index in [0.29, 0.717) is 11.4 Å². The van der Waals surface area contributed by atoms with Crippen LogP contribution >= 0.6 is 7.82 Å². The highest BCUT2D eigenvalue weighted by Crippen LogP contribution is 2.56. The van der Waals surface area contributed by atoms with Gasteiger partial charge in [0.25, 0.3) is 0 Å².